The van der Waals surface area contributed by atoms with E-state index in [-0.39, 0.29) is 24.5 Å². The van der Waals surface area contributed by atoms with Crippen LogP contribution in [0.2, 0.25) is 0 Å². The van der Waals surface area contributed by atoms with Crippen LogP contribution in [0, 0.1) is 17.2 Å². The average Bonchev–Trinajstić information content (AvgIpc) is 2.62. The molecule has 25 heavy (non-hydrogen) atoms. The van der Waals surface area contributed by atoms with Gasteiger partial charge in [-0.15, -0.1) is 0 Å². The molecular weight excluding hydrogens is 316 g/mol. The number of aliphatic hydroxyl groups excluding tert-OH is 1. The van der Waals surface area contributed by atoms with E-state index in [9.17, 15) is 10.1 Å². The van der Waals surface area contributed by atoms with Gasteiger partial charge in [0, 0.05) is 12.6 Å². The second-order valence-electron chi connectivity index (χ2n) is 6.04. The van der Waals surface area contributed by atoms with Crippen LogP contribution in [-0.4, -0.2) is 23.7 Å². The Labute approximate surface area is 147 Å². The number of hydrogen-bond acceptors (Lipinski definition) is 4. The molecule has 0 saturated carbocycles. The Morgan fingerprint density at radius 2 is 1.80 bits per heavy atom. The molecule has 0 aromatic heterocycles. The van der Waals surface area contributed by atoms with Gasteiger partial charge in [0.25, 0.3) is 5.91 Å². The van der Waals surface area contributed by atoms with Gasteiger partial charge in [-0.25, -0.2) is 0 Å². The molecule has 0 radical (unpaired) electrons. The monoisotopic (exact) mass is 338 g/mol. The molecule has 0 heterocycles. The molecule has 2 aromatic rings. The first-order valence-electron chi connectivity index (χ1n) is 8.24. The predicted octanol–water partition coefficient (Wildman–Crippen LogP) is 3.49. The lowest BCUT2D eigenvalue weighted by Crippen LogP contribution is -2.39. The van der Waals surface area contributed by atoms with Gasteiger partial charge < -0.3 is 15.2 Å². The third-order valence-electron chi connectivity index (χ3n) is 3.92. The molecular formula is C20H22N2O3. The zero-order valence-corrected chi connectivity index (χ0v) is 14.4. The molecule has 5 heteroatoms. The van der Waals surface area contributed by atoms with Crippen molar-refractivity contribution >= 4 is 5.91 Å². The molecule has 0 aliphatic carbocycles. The minimum atomic E-state index is -0.266. The van der Waals surface area contributed by atoms with Gasteiger partial charge in [-0.3, -0.25) is 4.79 Å². The molecule has 0 saturated heterocycles. The van der Waals surface area contributed by atoms with Gasteiger partial charge in [-0.1, -0.05) is 38.1 Å². The highest BCUT2D eigenvalue weighted by atomic mass is 16.5. The summed E-state index contributed by atoms with van der Waals surface area (Å²) >= 11 is 0. The number of ether oxygens (including phenoxy) is 1. The standard InChI is InChI=1S/C20H22N2O3/c1-14(2)17(11-12-23)22-20(24)16-8-4-6-10-19(16)25-18-9-5-3-7-15(18)13-21/h3-10,14,17,23H,11-12H2,1-2H3,(H,22,24). The van der Waals surface area contributed by atoms with Crippen molar-refractivity contribution in [1.82, 2.24) is 5.32 Å². The molecule has 1 unspecified atom stereocenters. The Bertz CT molecular complexity index is 766. The van der Waals surface area contributed by atoms with E-state index in [2.05, 4.69) is 11.4 Å². The number of amides is 1. The number of para-hydroxylation sites is 2. The van der Waals surface area contributed by atoms with Crippen LogP contribution in [0.4, 0.5) is 0 Å². The molecule has 0 aliphatic rings. The second-order valence-corrected chi connectivity index (χ2v) is 6.04. The molecule has 0 fully saturated rings. The summed E-state index contributed by atoms with van der Waals surface area (Å²) in [5.74, 6) is 0.718. The maximum Gasteiger partial charge on any atom is 0.255 e. The maximum atomic E-state index is 12.7. The molecule has 130 valence electrons. The highest BCUT2D eigenvalue weighted by Crippen LogP contribution is 2.28. The van der Waals surface area contributed by atoms with Crippen LogP contribution in [0.25, 0.3) is 0 Å². The Balaban J connectivity index is 2.25. The van der Waals surface area contributed by atoms with Gasteiger partial charge >= 0.3 is 0 Å². The van der Waals surface area contributed by atoms with Crippen molar-refractivity contribution in [2.75, 3.05) is 6.61 Å². The summed E-state index contributed by atoms with van der Waals surface area (Å²) in [5.41, 5.74) is 0.789. The fourth-order valence-corrected chi connectivity index (χ4v) is 2.47. The SMILES string of the molecule is CC(C)C(CCO)NC(=O)c1ccccc1Oc1ccccc1C#N. The van der Waals surface area contributed by atoms with Crippen LogP contribution in [0.5, 0.6) is 11.5 Å². The van der Waals surface area contributed by atoms with Crippen molar-refractivity contribution in [2.24, 2.45) is 5.92 Å². The summed E-state index contributed by atoms with van der Waals surface area (Å²) in [4.78, 5) is 12.7. The minimum absolute atomic E-state index is 0.0107. The van der Waals surface area contributed by atoms with Gasteiger partial charge in [0.05, 0.1) is 11.1 Å². The molecule has 2 N–H and O–H groups in total. The zero-order chi connectivity index (χ0) is 18.2. The lowest BCUT2D eigenvalue weighted by molar-refractivity contribution is 0.0914. The van der Waals surface area contributed by atoms with Crippen LogP contribution < -0.4 is 10.1 Å². The molecule has 1 atom stereocenters. The van der Waals surface area contributed by atoms with Crippen molar-refractivity contribution in [3.63, 3.8) is 0 Å². The number of nitrogens with one attached hydrogen (secondary N) is 1. The maximum absolute atomic E-state index is 12.7. The number of benzene rings is 2. The molecule has 0 aliphatic heterocycles. The summed E-state index contributed by atoms with van der Waals surface area (Å²) in [5, 5.41) is 21.3. The summed E-state index contributed by atoms with van der Waals surface area (Å²) in [7, 11) is 0. The molecule has 2 aromatic carbocycles. The molecule has 0 bridgehead atoms. The van der Waals surface area contributed by atoms with Crippen LogP contribution in [-0.2, 0) is 0 Å². The fourth-order valence-electron chi connectivity index (χ4n) is 2.47. The van der Waals surface area contributed by atoms with Crippen molar-refractivity contribution in [3.05, 3.63) is 59.7 Å². The zero-order valence-electron chi connectivity index (χ0n) is 14.4. The van der Waals surface area contributed by atoms with E-state index in [4.69, 9.17) is 9.84 Å². The van der Waals surface area contributed by atoms with E-state index in [1.165, 1.54) is 0 Å². The Hall–Kier alpha value is -2.84. The first-order valence-corrected chi connectivity index (χ1v) is 8.24. The number of carbonyl (C=O) groups excluding carboxylic acids is 1. The van der Waals surface area contributed by atoms with Crippen molar-refractivity contribution in [2.45, 2.75) is 26.3 Å². The average molecular weight is 338 g/mol. The number of nitriles is 1. The number of rotatable bonds is 7. The number of hydrogen-bond donors (Lipinski definition) is 2. The Kier molecular flexibility index (Phi) is 6.55. The molecule has 2 rings (SSSR count). The van der Waals surface area contributed by atoms with Crippen LogP contribution in [0.3, 0.4) is 0 Å². The number of nitrogens with zero attached hydrogens (tertiary/aromatic N) is 1. The van der Waals surface area contributed by atoms with E-state index >= 15 is 0 Å². The fraction of sp³-hybridized carbons (Fsp3) is 0.300. The van der Waals surface area contributed by atoms with Crippen molar-refractivity contribution < 1.29 is 14.6 Å². The minimum Gasteiger partial charge on any atom is -0.455 e. The van der Waals surface area contributed by atoms with E-state index in [1.807, 2.05) is 13.8 Å². The van der Waals surface area contributed by atoms with Crippen LogP contribution in [0.1, 0.15) is 36.2 Å². The van der Waals surface area contributed by atoms with Gasteiger partial charge in [0.1, 0.15) is 17.6 Å². The first kappa shape index (κ1) is 18.5. The first-order chi connectivity index (χ1) is 12.1. The number of carbonyl (C=O) groups is 1. The third kappa shape index (κ3) is 4.82. The highest BCUT2D eigenvalue weighted by Gasteiger charge is 2.19. The molecule has 5 nitrogen and oxygen atoms in total. The Morgan fingerprint density at radius 1 is 1.16 bits per heavy atom. The highest BCUT2D eigenvalue weighted by molar-refractivity contribution is 5.97. The van der Waals surface area contributed by atoms with Gasteiger partial charge in [0.15, 0.2) is 0 Å². The van der Waals surface area contributed by atoms with E-state index in [0.29, 0.717) is 29.0 Å². The predicted molar refractivity (Wildman–Crippen MR) is 95.5 cm³/mol. The van der Waals surface area contributed by atoms with Gasteiger partial charge in [0.2, 0.25) is 0 Å². The normalized spacial score (nSPS) is 11.6. The van der Waals surface area contributed by atoms with E-state index in [0.717, 1.165) is 0 Å². The van der Waals surface area contributed by atoms with Crippen LogP contribution in [0.15, 0.2) is 48.5 Å². The molecule has 1 amide bonds. The second kappa shape index (κ2) is 8.86. The summed E-state index contributed by atoms with van der Waals surface area (Å²) in [6.45, 7) is 4.00. The van der Waals surface area contributed by atoms with Crippen molar-refractivity contribution in [3.8, 4) is 17.6 Å². The summed E-state index contributed by atoms with van der Waals surface area (Å²) in [6.07, 6.45) is 0.490. The van der Waals surface area contributed by atoms with Gasteiger partial charge in [-0.2, -0.15) is 5.26 Å². The molecule has 0 spiro atoms. The smallest absolute Gasteiger partial charge is 0.255 e. The summed E-state index contributed by atoms with van der Waals surface area (Å²) < 4.78 is 5.82. The number of aliphatic hydroxyl groups is 1. The van der Waals surface area contributed by atoms with Crippen molar-refractivity contribution in [1.29, 1.82) is 5.26 Å². The van der Waals surface area contributed by atoms with Gasteiger partial charge in [-0.05, 0) is 36.6 Å². The quantitative estimate of drug-likeness (QED) is 0.809. The Morgan fingerprint density at radius 3 is 2.44 bits per heavy atom. The topological polar surface area (TPSA) is 82.3 Å². The van der Waals surface area contributed by atoms with E-state index < -0.39 is 0 Å². The lowest BCUT2D eigenvalue weighted by Gasteiger charge is -2.22. The van der Waals surface area contributed by atoms with Crippen LogP contribution >= 0.6 is 0 Å². The largest absolute Gasteiger partial charge is 0.455 e. The van der Waals surface area contributed by atoms with E-state index in [1.54, 1.807) is 48.5 Å². The summed E-state index contributed by atoms with van der Waals surface area (Å²) in [6, 6.07) is 15.7. The third-order valence-corrected chi connectivity index (χ3v) is 3.92. The lowest BCUT2D eigenvalue weighted by atomic mass is 10.0.